The Morgan fingerprint density at radius 2 is 2.12 bits per heavy atom. The maximum atomic E-state index is 12.0. The molecule has 0 radical (unpaired) electrons. The fraction of sp³-hybridized carbons (Fsp3) is 0.200. The summed E-state index contributed by atoms with van der Waals surface area (Å²) >= 11 is 7.20. The largest absolute Gasteiger partial charge is 0.452 e. The smallest absolute Gasteiger partial charge is 0.338 e. The van der Waals surface area contributed by atoms with Crippen molar-refractivity contribution in [2.24, 2.45) is 0 Å². The molecule has 1 aromatic carbocycles. The molecular formula is C15H13ClN2O5S. The average molecular weight is 369 g/mol. The number of thiophene rings is 1. The molecular weight excluding hydrogens is 356 g/mol. The van der Waals surface area contributed by atoms with Gasteiger partial charge in [0.25, 0.3) is 11.6 Å². The summed E-state index contributed by atoms with van der Waals surface area (Å²) in [6, 6.07) is 7.34. The minimum absolute atomic E-state index is 0.0418. The molecule has 0 fully saturated rings. The zero-order valence-electron chi connectivity index (χ0n) is 12.6. The summed E-state index contributed by atoms with van der Waals surface area (Å²) < 4.78 is 4.91. The van der Waals surface area contributed by atoms with Crippen molar-refractivity contribution in [1.29, 1.82) is 0 Å². The van der Waals surface area contributed by atoms with Gasteiger partial charge in [-0.05, 0) is 23.6 Å². The molecule has 1 aromatic heterocycles. The summed E-state index contributed by atoms with van der Waals surface area (Å²) in [7, 11) is 1.60. The van der Waals surface area contributed by atoms with Crippen LogP contribution in [0, 0.1) is 10.1 Å². The molecule has 0 saturated heterocycles. The Hall–Kier alpha value is -2.45. The fourth-order valence-electron chi connectivity index (χ4n) is 1.82. The van der Waals surface area contributed by atoms with E-state index in [4.69, 9.17) is 16.3 Å². The number of ether oxygens (including phenoxy) is 1. The standard InChI is InChI=1S/C15H13ClN2O5S/c1-17(8-11-3-2-6-24-11)14(19)9-23-15(20)10-4-5-12(16)13(7-10)18(21)22/h2-7H,8-9H2,1H3. The summed E-state index contributed by atoms with van der Waals surface area (Å²) in [5, 5.41) is 12.6. The third-order valence-electron chi connectivity index (χ3n) is 3.10. The molecule has 24 heavy (non-hydrogen) atoms. The van der Waals surface area contributed by atoms with E-state index in [1.807, 2.05) is 17.5 Å². The number of nitro groups is 1. The predicted octanol–water partition coefficient (Wildman–Crippen LogP) is 3.13. The van der Waals surface area contributed by atoms with E-state index in [0.717, 1.165) is 10.9 Å². The minimum atomic E-state index is -0.826. The molecule has 126 valence electrons. The van der Waals surface area contributed by atoms with Gasteiger partial charge in [0.2, 0.25) is 0 Å². The number of halogens is 1. The minimum Gasteiger partial charge on any atom is -0.452 e. The molecule has 9 heteroatoms. The van der Waals surface area contributed by atoms with E-state index < -0.39 is 23.2 Å². The SMILES string of the molecule is CN(Cc1cccs1)C(=O)COC(=O)c1ccc(Cl)c([N+](=O)[O-])c1. The normalized spacial score (nSPS) is 10.2. The number of nitrogens with zero attached hydrogens (tertiary/aromatic N) is 2. The van der Waals surface area contributed by atoms with Crippen molar-refractivity contribution >= 4 is 40.5 Å². The molecule has 0 aliphatic carbocycles. The van der Waals surface area contributed by atoms with Crippen molar-refractivity contribution in [1.82, 2.24) is 4.90 Å². The lowest BCUT2D eigenvalue weighted by molar-refractivity contribution is -0.384. The van der Waals surface area contributed by atoms with Crippen LogP contribution in [-0.2, 0) is 16.1 Å². The van der Waals surface area contributed by atoms with Crippen LogP contribution < -0.4 is 0 Å². The highest BCUT2D eigenvalue weighted by Crippen LogP contribution is 2.25. The first kappa shape index (κ1) is 17.9. The van der Waals surface area contributed by atoms with Gasteiger partial charge < -0.3 is 9.64 Å². The van der Waals surface area contributed by atoms with Crippen LogP contribution in [-0.4, -0.2) is 35.4 Å². The van der Waals surface area contributed by atoms with Crippen LogP contribution in [0.2, 0.25) is 5.02 Å². The summed E-state index contributed by atoms with van der Waals surface area (Å²) in [5.41, 5.74) is -0.438. The summed E-state index contributed by atoms with van der Waals surface area (Å²) in [6.45, 7) is -0.0302. The lowest BCUT2D eigenvalue weighted by Crippen LogP contribution is -2.30. The molecule has 0 aliphatic rings. The zero-order valence-corrected chi connectivity index (χ0v) is 14.2. The second-order valence-electron chi connectivity index (χ2n) is 4.83. The monoisotopic (exact) mass is 368 g/mol. The van der Waals surface area contributed by atoms with Crippen molar-refractivity contribution in [2.45, 2.75) is 6.54 Å². The van der Waals surface area contributed by atoms with Crippen LogP contribution in [0.3, 0.4) is 0 Å². The fourth-order valence-corrected chi connectivity index (χ4v) is 2.77. The van der Waals surface area contributed by atoms with Gasteiger partial charge in [0.1, 0.15) is 5.02 Å². The van der Waals surface area contributed by atoms with Crippen molar-refractivity contribution < 1.29 is 19.2 Å². The highest BCUT2D eigenvalue weighted by atomic mass is 35.5. The number of esters is 1. The number of benzene rings is 1. The van der Waals surface area contributed by atoms with E-state index in [-0.39, 0.29) is 16.5 Å². The van der Waals surface area contributed by atoms with E-state index in [2.05, 4.69) is 0 Å². The lowest BCUT2D eigenvalue weighted by Gasteiger charge is -2.16. The molecule has 2 rings (SSSR count). The van der Waals surface area contributed by atoms with Crippen molar-refractivity contribution in [2.75, 3.05) is 13.7 Å². The molecule has 0 unspecified atom stereocenters. The van der Waals surface area contributed by atoms with Crippen molar-refractivity contribution in [3.05, 3.63) is 61.3 Å². The molecule has 1 amide bonds. The molecule has 0 aliphatic heterocycles. The van der Waals surface area contributed by atoms with Gasteiger partial charge in [-0.1, -0.05) is 17.7 Å². The van der Waals surface area contributed by atoms with Crippen molar-refractivity contribution in [3.63, 3.8) is 0 Å². The van der Waals surface area contributed by atoms with E-state index in [0.29, 0.717) is 6.54 Å². The van der Waals surface area contributed by atoms with Crippen LogP contribution in [0.5, 0.6) is 0 Å². The van der Waals surface area contributed by atoms with Gasteiger partial charge in [-0.15, -0.1) is 11.3 Å². The third kappa shape index (κ3) is 4.53. The van der Waals surface area contributed by atoms with Crippen LogP contribution in [0.4, 0.5) is 5.69 Å². The lowest BCUT2D eigenvalue weighted by atomic mass is 10.2. The number of hydrogen-bond acceptors (Lipinski definition) is 6. The summed E-state index contributed by atoms with van der Waals surface area (Å²) in [5.74, 6) is -1.20. The van der Waals surface area contributed by atoms with Gasteiger partial charge in [0, 0.05) is 18.0 Å². The number of carbonyl (C=O) groups excluding carboxylic acids is 2. The van der Waals surface area contributed by atoms with Crippen LogP contribution in [0.15, 0.2) is 35.7 Å². The first-order chi connectivity index (χ1) is 11.4. The highest BCUT2D eigenvalue weighted by molar-refractivity contribution is 7.09. The van der Waals surface area contributed by atoms with Gasteiger partial charge in [-0.3, -0.25) is 14.9 Å². The Morgan fingerprint density at radius 1 is 1.38 bits per heavy atom. The highest BCUT2D eigenvalue weighted by Gasteiger charge is 2.19. The molecule has 0 N–H and O–H groups in total. The van der Waals surface area contributed by atoms with Gasteiger partial charge >= 0.3 is 5.97 Å². The quantitative estimate of drug-likeness (QED) is 0.444. The molecule has 0 bridgehead atoms. The van der Waals surface area contributed by atoms with Crippen molar-refractivity contribution in [3.8, 4) is 0 Å². The maximum absolute atomic E-state index is 12.0. The number of likely N-dealkylation sites (N-methyl/N-ethyl adjacent to an activating group) is 1. The number of carbonyl (C=O) groups is 2. The summed E-state index contributed by atoms with van der Waals surface area (Å²) in [4.78, 5) is 36.4. The predicted molar refractivity (Wildman–Crippen MR) is 89.2 cm³/mol. The van der Waals surface area contributed by atoms with E-state index in [1.165, 1.54) is 28.4 Å². The molecule has 2 aromatic rings. The molecule has 0 spiro atoms. The third-order valence-corrected chi connectivity index (χ3v) is 4.28. The molecule has 0 atom stereocenters. The second-order valence-corrected chi connectivity index (χ2v) is 6.27. The van der Waals surface area contributed by atoms with Gasteiger partial charge in [0.15, 0.2) is 6.61 Å². The average Bonchev–Trinajstić information content (AvgIpc) is 3.05. The van der Waals surface area contributed by atoms with Gasteiger partial charge in [0.05, 0.1) is 17.0 Å². The van der Waals surface area contributed by atoms with Crippen LogP contribution in [0.1, 0.15) is 15.2 Å². The second kappa shape index (κ2) is 7.89. The number of hydrogen-bond donors (Lipinski definition) is 0. The molecule has 7 nitrogen and oxygen atoms in total. The van der Waals surface area contributed by atoms with Crippen LogP contribution in [0.25, 0.3) is 0 Å². The van der Waals surface area contributed by atoms with E-state index >= 15 is 0 Å². The zero-order chi connectivity index (χ0) is 17.7. The van der Waals surface area contributed by atoms with Gasteiger partial charge in [-0.25, -0.2) is 4.79 Å². The Kier molecular flexibility index (Phi) is 5.88. The topological polar surface area (TPSA) is 89.8 Å². The number of amides is 1. The van der Waals surface area contributed by atoms with Gasteiger partial charge in [-0.2, -0.15) is 0 Å². The summed E-state index contributed by atoms with van der Waals surface area (Å²) in [6.07, 6.45) is 0. The molecule has 1 heterocycles. The van der Waals surface area contributed by atoms with E-state index in [1.54, 1.807) is 7.05 Å². The first-order valence-electron chi connectivity index (χ1n) is 6.76. The van der Waals surface area contributed by atoms with Crippen LogP contribution >= 0.6 is 22.9 Å². The maximum Gasteiger partial charge on any atom is 0.338 e. The Balaban J connectivity index is 1.94. The Bertz CT molecular complexity index is 763. The number of rotatable bonds is 6. The van der Waals surface area contributed by atoms with E-state index in [9.17, 15) is 19.7 Å². The first-order valence-corrected chi connectivity index (χ1v) is 8.01. The number of nitro benzene ring substituents is 1. The molecule has 0 saturated carbocycles. The Morgan fingerprint density at radius 3 is 2.75 bits per heavy atom. The Labute approximate surface area is 146 Å².